The van der Waals surface area contributed by atoms with E-state index in [-0.39, 0.29) is 24.4 Å². The van der Waals surface area contributed by atoms with Crippen molar-refractivity contribution in [2.75, 3.05) is 0 Å². The van der Waals surface area contributed by atoms with Gasteiger partial charge in [0.1, 0.15) is 0 Å². The van der Waals surface area contributed by atoms with Gasteiger partial charge < -0.3 is 11.1 Å². The Morgan fingerprint density at radius 3 is 2.75 bits per heavy atom. The number of hydrogen-bond acceptors (Lipinski definition) is 3. The molecule has 1 aromatic heterocycles. The lowest BCUT2D eigenvalue weighted by Gasteiger charge is -2.18. The molecule has 2 atom stereocenters. The highest BCUT2D eigenvalue weighted by Crippen LogP contribution is 2.42. The van der Waals surface area contributed by atoms with Gasteiger partial charge in [-0.05, 0) is 37.1 Å². The summed E-state index contributed by atoms with van der Waals surface area (Å²) in [5.41, 5.74) is 5.55. The van der Waals surface area contributed by atoms with Gasteiger partial charge in [0, 0.05) is 4.88 Å². The first-order valence-electron chi connectivity index (χ1n) is 5.28. The Morgan fingerprint density at radius 2 is 2.31 bits per heavy atom. The molecule has 3 nitrogen and oxygen atoms in total. The van der Waals surface area contributed by atoms with Crippen LogP contribution in [0.25, 0.3) is 0 Å². The third-order valence-electron chi connectivity index (χ3n) is 2.65. The van der Waals surface area contributed by atoms with E-state index >= 15 is 0 Å². The van der Waals surface area contributed by atoms with E-state index in [1.807, 2.05) is 11.4 Å². The van der Waals surface area contributed by atoms with Crippen LogP contribution in [0.15, 0.2) is 17.5 Å². The van der Waals surface area contributed by atoms with Gasteiger partial charge in [-0.2, -0.15) is 0 Å². The zero-order valence-electron chi connectivity index (χ0n) is 9.18. The number of halogens is 1. The molecule has 1 aliphatic rings. The Labute approximate surface area is 106 Å². The van der Waals surface area contributed by atoms with Crippen LogP contribution in [-0.4, -0.2) is 11.9 Å². The standard InChI is InChI=1S/C11H16N2OS.ClH/c1-7(12)11(14)13-10(8-4-5-8)9-3-2-6-15-9;/h2-3,6-8,10H,4-5,12H2,1H3,(H,13,14);1H. The van der Waals surface area contributed by atoms with Crippen LogP contribution < -0.4 is 11.1 Å². The summed E-state index contributed by atoms with van der Waals surface area (Å²) >= 11 is 1.70. The lowest BCUT2D eigenvalue weighted by atomic mass is 10.1. The average molecular weight is 261 g/mol. The van der Waals surface area contributed by atoms with Gasteiger partial charge in [-0.3, -0.25) is 4.79 Å². The number of hydrogen-bond donors (Lipinski definition) is 2. The summed E-state index contributed by atoms with van der Waals surface area (Å²) in [6.45, 7) is 1.72. The molecule has 5 heteroatoms. The monoisotopic (exact) mass is 260 g/mol. The summed E-state index contributed by atoms with van der Waals surface area (Å²) < 4.78 is 0. The summed E-state index contributed by atoms with van der Waals surface area (Å²) in [5.74, 6) is 0.562. The van der Waals surface area contributed by atoms with Gasteiger partial charge in [0.05, 0.1) is 12.1 Å². The smallest absolute Gasteiger partial charge is 0.237 e. The van der Waals surface area contributed by atoms with Crippen molar-refractivity contribution in [3.63, 3.8) is 0 Å². The number of carbonyl (C=O) groups is 1. The van der Waals surface area contributed by atoms with Gasteiger partial charge in [-0.15, -0.1) is 23.7 Å². The van der Waals surface area contributed by atoms with Crippen LogP contribution in [0.2, 0.25) is 0 Å². The maximum absolute atomic E-state index is 11.5. The molecule has 2 unspecified atom stereocenters. The number of carbonyl (C=O) groups excluding carboxylic acids is 1. The van der Waals surface area contributed by atoms with Gasteiger partial charge in [0.2, 0.25) is 5.91 Å². The maximum atomic E-state index is 11.5. The molecule has 0 bridgehead atoms. The topological polar surface area (TPSA) is 55.1 Å². The summed E-state index contributed by atoms with van der Waals surface area (Å²) in [6.07, 6.45) is 2.42. The Kier molecular flexibility index (Phi) is 4.77. The molecule has 1 fully saturated rings. The van der Waals surface area contributed by atoms with Crippen LogP contribution in [0.1, 0.15) is 30.7 Å². The van der Waals surface area contributed by atoms with E-state index in [9.17, 15) is 4.79 Å². The molecule has 0 saturated heterocycles. The van der Waals surface area contributed by atoms with Gasteiger partial charge in [-0.1, -0.05) is 6.07 Å². The van der Waals surface area contributed by atoms with Gasteiger partial charge in [0.25, 0.3) is 0 Å². The van der Waals surface area contributed by atoms with Crippen molar-refractivity contribution in [1.82, 2.24) is 5.32 Å². The van der Waals surface area contributed by atoms with Crippen LogP contribution in [0, 0.1) is 5.92 Å². The molecule has 1 aliphatic carbocycles. The second-order valence-electron chi connectivity index (χ2n) is 4.13. The Bertz CT molecular complexity index is 336. The van der Waals surface area contributed by atoms with Crippen molar-refractivity contribution < 1.29 is 4.79 Å². The molecule has 2 rings (SSSR count). The van der Waals surface area contributed by atoms with Crippen LogP contribution >= 0.6 is 23.7 Å². The van der Waals surface area contributed by atoms with E-state index in [4.69, 9.17) is 5.73 Å². The lowest BCUT2D eigenvalue weighted by molar-refractivity contribution is -0.122. The predicted molar refractivity (Wildman–Crippen MR) is 68.8 cm³/mol. The van der Waals surface area contributed by atoms with E-state index < -0.39 is 6.04 Å². The van der Waals surface area contributed by atoms with E-state index in [1.54, 1.807) is 18.3 Å². The van der Waals surface area contributed by atoms with E-state index in [2.05, 4.69) is 11.4 Å². The molecular formula is C11H17ClN2OS. The van der Waals surface area contributed by atoms with Crippen molar-refractivity contribution in [1.29, 1.82) is 0 Å². The molecule has 1 aromatic rings. The molecule has 1 saturated carbocycles. The highest BCUT2D eigenvalue weighted by molar-refractivity contribution is 7.10. The Morgan fingerprint density at radius 1 is 1.62 bits per heavy atom. The minimum atomic E-state index is -0.425. The number of nitrogens with one attached hydrogen (secondary N) is 1. The normalized spacial score (nSPS) is 18.4. The van der Waals surface area contributed by atoms with E-state index in [1.165, 1.54) is 17.7 Å². The second kappa shape index (κ2) is 5.66. The molecule has 0 aliphatic heterocycles. The zero-order chi connectivity index (χ0) is 10.8. The van der Waals surface area contributed by atoms with Crippen molar-refractivity contribution in [3.8, 4) is 0 Å². The Hall–Kier alpha value is -0.580. The van der Waals surface area contributed by atoms with E-state index in [0.29, 0.717) is 5.92 Å². The highest BCUT2D eigenvalue weighted by Gasteiger charge is 2.34. The molecule has 90 valence electrons. The van der Waals surface area contributed by atoms with Crippen molar-refractivity contribution >= 4 is 29.7 Å². The lowest BCUT2D eigenvalue weighted by Crippen LogP contribution is -2.40. The SMILES string of the molecule is CC(N)C(=O)NC(c1cccs1)C1CC1.Cl. The fourth-order valence-corrected chi connectivity index (χ4v) is 2.47. The van der Waals surface area contributed by atoms with Crippen LogP contribution in [-0.2, 0) is 4.79 Å². The Balaban J connectivity index is 0.00000128. The van der Waals surface area contributed by atoms with E-state index in [0.717, 1.165) is 0 Å². The average Bonchev–Trinajstić information content (AvgIpc) is 2.89. The predicted octanol–water partition coefficient (Wildman–Crippen LogP) is 2.08. The van der Waals surface area contributed by atoms with Crippen LogP contribution in [0.3, 0.4) is 0 Å². The minimum Gasteiger partial charge on any atom is -0.347 e. The maximum Gasteiger partial charge on any atom is 0.237 e. The summed E-state index contributed by atoms with van der Waals surface area (Å²) in [5, 5.41) is 5.07. The fourth-order valence-electron chi connectivity index (χ4n) is 1.60. The van der Waals surface area contributed by atoms with Crippen LogP contribution in [0.5, 0.6) is 0 Å². The zero-order valence-corrected chi connectivity index (χ0v) is 10.8. The quantitative estimate of drug-likeness (QED) is 0.871. The van der Waals surface area contributed by atoms with Crippen LogP contribution in [0.4, 0.5) is 0 Å². The van der Waals surface area contributed by atoms with Crippen molar-refractivity contribution in [3.05, 3.63) is 22.4 Å². The number of amides is 1. The summed E-state index contributed by atoms with van der Waals surface area (Å²) in [7, 11) is 0. The molecule has 0 aromatic carbocycles. The first-order chi connectivity index (χ1) is 7.18. The molecule has 0 spiro atoms. The third-order valence-corrected chi connectivity index (χ3v) is 3.61. The fraction of sp³-hybridized carbons (Fsp3) is 0.545. The third kappa shape index (κ3) is 3.20. The van der Waals surface area contributed by atoms with Crippen molar-refractivity contribution in [2.45, 2.75) is 31.8 Å². The van der Waals surface area contributed by atoms with Gasteiger partial charge in [-0.25, -0.2) is 0 Å². The molecule has 3 N–H and O–H groups in total. The number of thiophene rings is 1. The first-order valence-corrected chi connectivity index (χ1v) is 6.16. The second-order valence-corrected chi connectivity index (χ2v) is 5.11. The molecule has 1 heterocycles. The minimum absolute atomic E-state index is 0. The summed E-state index contributed by atoms with van der Waals surface area (Å²) in [6, 6.07) is 3.86. The number of rotatable bonds is 4. The highest BCUT2D eigenvalue weighted by atomic mass is 35.5. The molecule has 1 amide bonds. The molecular weight excluding hydrogens is 244 g/mol. The first kappa shape index (κ1) is 13.5. The van der Waals surface area contributed by atoms with Gasteiger partial charge in [0.15, 0.2) is 0 Å². The molecule has 16 heavy (non-hydrogen) atoms. The van der Waals surface area contributed by atoms with Crippen molar-refractivity contribution in [2.24, 2.45) is 11.7 Å². The molecule has 0 radical (unpaired) electrons. The summed E-state index contributed by atoms with van der Waals surface area (Å²) in [4.78, 5) is 12.8. The van der Waals surface area contributed by atoms with Gasteiger partial charge >= 0.3 is 0 Å². The largest absolute Gasteiger partial charge is 0.347 e. The number of nitrogens with two attached hydrogens (primary N) is 1.